The molecule has 1 saturated heterocycles. The highest BCUT2D eigenvalue weighted by Crippen LogP contribution is 2.33. The molecule has 172 valence electrons. The summed E-state index contributed by atoms with van der Waals surface area (Å²) in [7, 11) is -3.69. The molecular formula is C23H28N2O6S. The first-order valence-corrected chi connectivity index (χ1v) is 12.2. The Hall–Kier alpha value is -2.78. The van der Waals surface area contributed by atoms with Crippen LogP contribution in [-0.2, 0) is 14.8 Å². The molecule has 0 bridgehead atoms. The van der Waals surface area contributed by atoms with Crippen molar-refractivity contribution in [2.45, 2.75) is 24.7 Å². The monoisotopic (exact) mass is 460 g/mol. The van der Waals surface area contributed by atoms with Crippen LogP contribution in [0.1, 0.15) is 25.3 Å². The molecule has 8 nitrogen and oxygen atoms in total. The SMILES string of the molecule is CC(C)c1ccccc1OCC(=O)N1CCN(S(=O)(=O)c2ccc3c(c2)OCCO3)CC1. The van der Waals surface area contributed by atoms with Crippen molar-refractivity contribution in [3.05, 3.63) is 48.0 Å². The summed E-state index contributed by atoms with van der Waals surface area (Å²) in [6.07, 6.45) is 0. The Morgan fingerprint density at radius 2 is 1.69 bits per heavy atom. The van der Waals surface area contributed by atoms with Crippen LogP contribution < -0.4 is 14.2 Å². The fourth-order valence-electron chi connectivity index (χ4n) is 3.83. The number of fused-ring (bicyclic) bond motifs is 1. The summed E-state index contributed by atoms with van der Waals surface area (Å²) in [5.74, 6) is 1.82. The number of sulfonamides is 1. The minimum Gasteiger partial charge on any atom is -0.486 e. The van der Waals surface area contributed by atoms with Crippen molar-refractivity contribution in [3.63, 3.8) is 0 Å². The van der Waals surface area contributed by atoms with Crippen LogP contribution in [-0.4, -0.2) is 69.5 Å². The predicted octanol–water partition coefficient (Wildman–Crippen LogP) is 2.49. The molecule has 1 fully saturated rings. The number of rotatable bonds is 6. The first-order chi connectivity index (χ1) is 15.4. The van der Waals surface area contributed by atoms with Gasteiger partial charge in [-0.25, -0.2) is 8.42 Å². The largest absolute Gasteiger partial charge is 0.486 e. The molecule has 1 amide bonds. The third-order valence-corrected chi connectivity index (χ3v) is 7.53. The van der Waals surface area contributed by atoms with E-state index < -0.39 is 10.0 Å². The van der Waals surface area contributed by atoms with E-state index in [2.05, 4.69) is 13.8 Å². The van der Waals surface area contributed by atoms with Crippen molar-refractivity contribution in [1.82, 2.24) is 9.21 Å². The lowest BCUT2D eigenvalue weighted by Crippen LogP contribution is -2.51. The summed E-state index contributed by atoms with van der Waals surface area (Å²) < 4.78 is 44.3. The van der Waals surface area contributed by atoms with Gasteiger partial charge in [-0.2, -0.15) is 4.31 Å². The Balaban J connectivity index is 1.35. The van der Waals surface area contributed by atoms with Crippen molar-refractivity contribution in [2.75, 3.05) is 46.0 Å². The Morgan fingerprint density at radius 3 is 2.41 bits per heavy atom. The van der Waals surface area contributed by atoms with Gasteiger partial charge in [-0.05, 0) is 29.7 Å². The average Bonchev–Trinajstić information content (AvgIpc) is 2.82. The molecule has 4 rings (SSSR count). The van der Waals surface area contributed by atoms with Gasteiger partial charge in [0.25, 0.3) is 5.91 Å². The molecule has 2 aromatic rings. The number of piperazine rings is 1. The first kappa shape index (κ1) is 22.4. The quantitative estimate of drug-likeness (QED) is 0.659. The molecule has 2 aromatic carbocycles. The summed E-state index contributed by atoms with van der Waals surface area (Å²) in [6.45, 7) is 6.00. The maximum Gasteiger partial charge on any atom is 0.260 e. The lowest BCUT2D eigenvalue weighted by Gasteiger charge is -2.34. The fraction of sp³-hybridized carbons (Fsp3) is 0.435. The van der Waals surface area contributed by atoms with Crippen molar-refractivity contribution in [1.29, 1.82) is 0 Å². The zero-order valence-electron chi connectivity index (χ0n) is 18.3. The maximum atomic E-state index is 13.1. The van der Waals surface area contributed by atoms with Gasteiger partial charge in [-0.15, -0.1) is 0 Å². The maximum absolute atomic E-state index is 13.1. The molecule has 0 spiro atoms. The highest BCUT2D eigenvalue weighted by molar-refractivity contribution is 7.89. The Morgan fingerprint density at radius 1 is 1.00 bits per heavy atom. The molecule has 2 heterocycles. The van der Waals surface area contributed by atoms with E-state index >= 15 is 0 Å². The summed E-state index contributed by atoms with van der Waals surface area (Å²) in [5.41, 5.74) is 1.05. The van der Waals surface area contributed by atoms with Crippen LogP contribution in [0.5, 0.6) is 17.2 Å². The van der Waals surface area contributed by atoms with Crippen molar-refractivity contribution in [3.8, 4) is 17.2 Å². The van der Waals surface area contributed by atoms with E-state index in [1.807, 2.05) is 24.3 Å². The van der Waals surface area contributed by atoms with Gasteiger partial charge in [0.05, 0.1) is 4.90 Å². The van der Waals surface area contributed by atoms with E-state index in [9.17, 15) is 13.2 Å². The zero-order valence-corrected chi connectivity index (χ0v) is 19.1. The number of amides is 1. The fourth-order valence-corrected chi connectivity index (χ4v) is 5.27. The second-order valence-corrected chi connectivity index (χ2v) is 10.0. The van der Waals surface area contributed by atoms with Gasteiger partial charge >= 0.3 is 0 Å². The zero-order chi connectivity index (χ0) is 22.7. The number of para-hydroxylation sites is 1. The molecule has 0 N–H and O–H groups in total. The van der Waals surface area contributed by atoms with Gasteiger partial charge in [0.1, 0.15) is 19.0 Å². The lowest BCUT2D eigenvalue weighted by molar-refractivity contribution is -0.134. The van der Waals surface area contributed by atoms with Crippen LogP contribution in [0.4, 0.5) is 0 Å². The van der Waals surface area contributed by atoms with Gasteiger partial charge in [-0.1, -0.05) is 32.0 Å². The van der Waals surface area contributed by atoms with Crippen LogP contribution in [0.15, 0.2) is 47.4 Å². The van der Waals surface area contributed by atoms with E-state index in [1.165, 1.54) is 16.4 Å². The Labute approximate surface area is 188 Å². The van der Waals surface area contributed by atoms with Crippen molar-refractivity contribution in [2.24, 2.45) is 0 Å². The van der Waals surface area contributed by atoms with Gasteiger partial charge < -0.3 is 19.1 Å². The molecule has 9 heteroatoms. The smallest absolute Gasteiger partial charge is 0.260 e. The first-order valence-electron chi connectivity index (χ1n) is 10.8. The van der Waals surface area contributed by atoms with E-state index in [-0.39, 0.29) is 36.4 Å². The highest BCUT2D eigenvalue weighted by atomic mass is 32.2. The number of carbonyl (C=O) groups is 1. The molecule has 2 aliphatic heterocycles. The molecule has 0 atom stereocenters. The molecule has 0 radical (unpaired) electrons. The molecular weight excluding hydrogens is 432 g/mol. The molecule has 2 aliphatic rings. The van der Waals surface area contributed by atoms with E-state index in [0.29, 0.717) is 43.6 Å². The molecule has 0 saturated carbocycles. The molecule has 0 unspecified atom stereocenters. The summed E-state index contributed by atoms with van der Waals surface area (Å²) >= 11 is 0. The minimum absolute atomic E-state index is 0.0708. The van der Waals surface area contributed by atoms with Crippen molar-refractivity contribution < 1.29 is 27.4 Å². The minimum atomic E-state index is -3.69. The summed E-state index contributed by atoms with van der Waals surface area (Å²) in [4.78, 5) is 14.5. The van der Waals surface area contributed by atoms with Crippen LogP contribution >= 0.6 is 0 Å². The summed E-state index contributed by atoms with van der Waals surface area (Å²) in [5, 5.41) is 0. The van der Waals surface area contributed by atoms with Gasteiger partial charge in [-0.3, -0.25) is 4.79 Å². The van der Waals surface area contributed by atoms with Crippen LogP contribution in [0.25, 0.3) is 0 Å². The number of ether oxygens (including phenoxy) is 3. The van der Waals surface area contributed by atoms with Crippen molar-refractivity contribution >= 4 is 15.9 Å². The molecule has 32 heavy (non-hydrogen) atoms. The number of benzene rings is 2. The number of carbonyl (C=O) groups excluding carboxylic acids is 1. The summed E-state index contributed by atoms with van der Waals surface area (Å²) in [6, 6.07) is 12.3. The van der Waals surface area contributed by atoms with Gasteiger partial charge in [0, 0.05) is 32.2 Å². The van der Waals surface area contributed by atoms with Crippen LogP contribution in [0.2, 0.25) is 0 Å². The third kappa shape index (κ3) is 4.68. The van der Waals surface area contributed by atoms with Gasteiger partial charge in [0.2, 0.25) is 10.0 Å². The highest BCUT2D eigenvalue weighted by Gasteiger charge is 2.31. The van der Waals surface area contributed by atoms with Gasteiger partial charge in [0.15, 0.2) is 18.1 Å². The molecule has 0 aliphatic carbocycles. The number of nitrogens with zero attached hydrogens (tertiary/aromatic N) is 2. The number of hydrogen-bond donors (Lipinski definition) is 0. The normalized spacial score (nSPS) is 16.8. The van der Waals surface area contributed by atoms with E-state index in [1.54, 1.807) is 11.0 Å². The molecule has 0 aromatic heterocycles. The average molecular weight is 461 g/mol. The predicted molar refractivity (Wildman–Crippen MR) is 119 cm³/mol. The Kier molecular flexibility index (Phi) is 6.57. The van der Waals surface area contributed by atoms with Crippen LogP contribution in [0, 0.1) is 0 Å². The third-order valence-electron chi connectivity index (χ3n) is 5.63. The van der Waals surface area contributed by atoms with E-state index in [4.69, 9.17) is 14.2 Å². The second kappa shape index (κ2) is 9.38. The topological polar surface area (TPSA) is 85.4 Å². The standard InChI is InChI=1S/C23H28N2O6S/c1-17(2)19-5-3-4-6-20(19)31-16-23(26)24-9-11-25(12-10-24)32(27,28)18-7-8-21-22(15-18)30-14-13-29-21/h3-8,15,17H,9-14,16H2,1-2H3. The second-order valence-electron chi connectivity index (χ2n) is 8.07. The van der Waals surface area contributed by atoms with Crippen LogP contribution in [0.3, 0.4) is 0 Å². The van der Waals surface area contributed by atoms with E-state index in [0.717, 1.165) is 5.56 Å². The lowest BCUT2D eigenvalue weighted by atomic mass is 10.0. The number of hydrogen-bond acceptors (Lipinski definition) is 6. The Bertz CT molecular complexity index is 1080.